The summed E-state index contributed by atoms with van der Waals surface area (Å²) in [7, 11) is 0. The molecule has 2 rings (SSSR count). The van der Waals surface area contributed by atoms with Crippen molar-refractivity contribution in [1.29, 1.82) is 0 Å². The van der Waals surface area contributed by atoms with E-state index < -0.39 is 0 Å². The lowest BCUT2D eigenvalue weighted by molar-refractivity contribution is 0.467. The third kappa shape index (κ3) is 2.81. The van der Waals surface area contributed by atoms with Gasteiger partial charge in [0.15, 0.2) is 0 Å². The number of nitrogens with zero attached hydrogens (tertiary/aromatic N) is 1. The summed E-state index contributed by atoms with van der Waals surface area (Å²) in [5.74, 6) is 0.769. The normalized spacial score (nSPS) is 10.3. The zero-order chi connectivity index (χ0) is 12.3. The van der Waals surface area contributed by atoms with Gasteiger partial charge in [0.1, 0.15) is 17.3 Å². The van der Waals surface area contributed by atoms with Crippen molar-refractivity contribution in [2.45, 2.75) is 6.54 Å². The van der Waals surface area contributed by atoms with Crippen LogP contribution in [-0.2, 0) is 6.54 Å². The van der Waals surface area contributed by atoms with Gasteiger partial charge >= 0.3 is 0 Å². The fourth-order valence-electron chi connectivity index (χ4n) is 1.35. The fourth-order valence-corrected chi connectivity index (χ4v) is 1.78. The molecule has 17 heavy (non-hydrogen) atoms. The summed E-state index contributed by atoms with van der Waals surface area (Å²) in [5, 5.41) is 0. The first-order valence-electron chi connectivity index (χ1n) is 4.97. The van der Waals surface area contributed by atoms with Crippen LogP contribution in [0.1, 0.15) is 5.69 Å². The third-order valence-electron chi connectivity index (χ3n) is 2.16. The minimum Gasteiger partial charge on any atom is -0.454 e. The molecule has 0 aliphatic carbocycles. The molecule has 0 aliphatic heterocycles. The Morgan fingerprint density at radius 1 is 1.29 bits per heavy atom. The van der Waals surface area contributed by atoms with Gasteiger partial charge in [-0.05, 0) is 46.3 Å². The molecule has 1 aromatic carbocycles. The largest absolute Gasteiger partial charge is 0.454 e. The molecule has 0 aliphatic rings. The maximum Gasteiger partial charge on any atom is 0.150 e. The number of ether oxygens (including phenoxy) is 1. The average molecular weight is 297 g/mol. The topological polar surface area (TPSA) is 48.1 Å². The number of hydrogen-bond acceptors (Lipinski definition) is 3. The zero-order valence-electron chi connectivity index (χ0n) is 8.86. The van der Waals surface area contributed by atoms with E-state index in [4.69, 9.17) is 10.5 Å². The molecule has 0 atom stereocenters. The van der Waals surface area contributed by atoms with Crippen LogP contribution in [0, 0.1) is 5.82 Å². The number of benzene rings is 1. The number of halogens is 2. The summed E-state index contributed by atoms with van der Waals surface area (Å²) >= 11 is 3.23. The highest BCUT2D eigenvalue weighted by Gasteiger charge is 2.07. The van der Waals surface area contributed by atoms with E-state index in [-0.39, 0.29) is 12.4 Å². The predicted octanol–water partition coefficient (Wildman–Crippen LogP) is 3.23. The molecule has 5 heteroatoms. The molecule has 0 unspecified atom stereocenters. The maximum atomic E-state index is 12.9. The summed E-state index contributed by atoms with van der Waals surface area (Å²) in [6.45, 7) is 0.287. The van der Waals surface area contributed by atoms with Gasteiger partial charge in [-0.3, -0.25) is 4.98 Å². The van der Waals surface area contributed by atoms with Crippen LogP contribution in [0.3, 0.4) is 0 Å². The van der Waals surface area contributed by atoms with Crippen LogP contribution in [0.2, 0.25) is 0 Å². The molecule has 88 valence electrons. The highest BCUT2D eigenvalue weighted by molar-refractivity contribution is 9.10. The van der Waals surface area contributed by atoms with E-state index in [0.29, 0.717) is 21.7 Å². The maximum absolute atomic E-state index is 12.9. The van der Waals surface area contributed by atoms with E-state index in [9.17, 15) is 4.39 Å². The minimum absolute atomic E-state index is 0.287. The number of hydrogen-bond donors (Lipinski definition) is 1. The summed E-state index contributed by atoms with van der Waals surface area (Å²) < 4.78 is 19.1. The summed E-state index contributed by atoms with van der Waals surface area (Å²) in [6, 6.07) is 7.75. The Morgan fingerprint density at radius 2 is 2.12 bits per heavy atom. The van der Waals surface area contributed by atoms with Crippen molar-refractivity contribution in [3.63, 3.8) is 0 Å². The first kappa shape index (κ1) is 12.0. The molecule has 2 aromatic rings. The fraction of sp³-hybridized carbons (Fsp3) is 0.0833. The smallest absolute Gasteiger partial charge is 0.150 e. The molecule has 0 amide bonds. The molecule has 0 saturated carbocycles. The van der Waals surface area contributed by atoms with E-state index in [2.05, 4.69) is 20.9 Å². The van der Waals surface area contributed by atoms with Crippen molar-refractivity contribution in [3.8, 4) is 11.5 Å². The van der Waals surface area contributed by atoms with Gasteiger partial charge in [0, 0.05) is 12.7 Å². The van der Waals surface area contributed by atoms with Crippen molar-refractivity contribution in [2.75, 3.05) is 0 Å². The van der Waals surface area contributed by atoms with Gasteiger partial charge in [0.2, 0.25) is 0 Å². The lowest BCUT2D eigenvalue weighted by atomic mass is 10.3. The van der Waals surface area contributed by atoms with Crippen molar-refractivity contribution in [3.05, 3.63) is 52.5 Å². The Hall–Kier alpha value is -1.46. The van der Waals surface area contributed by atoms with Gasteiger partial charge in [0.05, 0.1) is 10.2 Å². The Bertz CT molecular complexity index is 534. The molecular formula is C12H10BrFN2O. The monoisotopic (exact) mass is 296 g/mol. The Morgan fingerprint density at radius 3 is 2.82 bits per heavy atom. The quantitative estimate of drug-likeness (QED) is 0.946. The number of nitrogens with two attached hydrogens (primary N) is 1. The standard InChI is InChI=1S/C12H10BrFN2O/c13-9-6-8(14)3-4-11(9)17-12-2-1-5-16-10(12)7-15/h1-6H,7,15H2. The minimum atomic E-state index is -0.325. The molecule has 1 aromatic heterocycles. The highest BCUT2D eigenvalue weighted by atomic mass is 79.9. The molecule has 0 radical (unpaired) electrons. The van der Waals surface area contributed by atoms with Gasteiger partial charge in [-0.2, -0.15) is 0 Å². The number of rotatable bonds is 3. The van der Waals surface area contributed by atoms with Crippen LogP contribution in [-0.4, -0.2) is 4.98 Å². The van der Waals surface area contributed by atoms with Crippen LogP contribution in [0.4, 0.5) is 4.39 Å². The Labute approximate surface area is 107 Å². The van der Waals surface area contributed by atoms with Gasteiger partial charge in [-0.25, -0.2) is 4.39 Å². The Kier molecular flexibility index (Phi) is 3.71. The first-order valence-corrected chi connectivity index (χ1v) is 5.77. The van der Waals surface area contributed by atoms with Gasteiger partial charge in [0.25, 0.3) is 0 Å². The molecule has 3 nitrogen and oxygen atoms in total. The van der Waals surface area contributed by atoms with E-state index in [1.807, 2.05) is 0 Å². The lowest BCUT2D eigenvalue weighted by Crippen LogP contribution is -2.02. The van der Waals surface area contributed by atoms with Gasteiger partial charge in [-0.1, -0.05) is 0 Å². The molecule has 0 saturated heterocycles. The predicted molar refractivity (Wildman–Crippen MR) is 66.3 cm³/mol. The molecule has 0 spiro atoms. The zero-order valence-corrected chi connectivity index (χ0v) is 10.4. The summed E-state index contributed by atoms with van der Waals surface area (Å²) in [5.41, 5.74) is 6.21. The van der Waals surface area contributed by atoms with E-state index in [0.717, 1.165) is 0 Å². The SMILES string of the molecule is NCc1ncccc1Oc1ccc(F)cc1Br. The molecular weight excluding hydrogens is 287 g/mol. The van der Waals surface area contributed by atoms with Gasteiger partial charge in [-0.15, -0.1) is 0 Å². The van der Waals surface area contributed by atoms with Crippen molar-refractivity contribution < 1.29 is 9.13 Å². The summed E-state index contributed by atoms with van der Waals surface area (Å²) in [6.07, 6.45) is 1.65. The summed E-state index contributed by atoms with van der Waals surface area (Å²) in [4.78, 5) is 4.10. The van der Waals surface area contributed by atoms with Gasteiger partial charge < -0.3 is 10.5 Å². The van der Waals surface area contributed by atoms with Crippen LogP contribution in [0.15, 0.2) is 41.0 Å². The van der Waals surface area contributed by atoms with Crippen molar-refractivity contribution >= 4 is 15.9 Å². The highest BCUT2D eigenvalue weighted by Crippen LogP contribution is 2.31. The van der Waals surface area contributed by atoms with E-state index >= 15 is 0 Å². The van der Waals surface area contributed by atoms with Crippen LogP contribution in [0.25, 0.3) is 0 Å². The average Bonchev–Trinajstić information content (AvgIpc) is 2.33. The van der Waals surface area contributed by atoms with Crippen molar-refractivity contribution in [1.82, 2.24) is 4.98 Å². The second kappa shape index (κ2) is 5.25. The van der Waals surface area contributed by atoms with E-state index in [1.165, 1.54) is 12.1 Å². The second-order valence-electron chi connectivity index (χ2n) is 3.33. The Balaban J connectivity index is 2.31. The van der Waals surface area contributed by atoms with E-state index in [1.54, 1.807) is 24.4 Å². The lowest BCUT2D eigenvalue weighted by Gasteiger charge is -2.10. The third-order valence-corrected chi connectivity index (χ3v) is 2.78. The molecule has 0 fully saturated rings. The molecule has 2 N–H and O–H groups in total. The van der Waals surface area contributed by atoms with Crippen LogP contribution in [0.5, 0.6) is 11.5 Å². The second-order valence-corrected chi connectivity index (χ2v) is 4.18. The van der Waals surface area contributed by atoms with Crippen LogP contribution >= 0.6 is 15.9 Å². The van der Waals surface area contributed by atoms with Crippen molar-refractivity contribution in [2.24, 2.45) is 5.73 Å². The first-order chi connectivity index (χ1) is 8.20. The molecule has 1 heterocycles. The number of pyridine rings is 1. The molecule has 0 bridgehead atoms. The number of aromatic nitrogens is 1. The van der Waals surface area contributed by atoms with Crippen LogP contribution < -0.4 is 10.5 Å².